The smallest absolute Gasteiger partial charge is 0.333 e. The standard InChI is InChI=1S/C78H68N2O3/c1-4-6-8-13-23-55-35-43-62(44-36-55)78(63-45-37-56(38-46-63)24-14-9-7-5-2)71-54-66(80(64-27-17-11-18-28-64)65-29-19-12-20-30-65)49-50-69(71)73-67-31-21-22-32-68(67)75-70(74(73)78)51-52-77(83-75,60-25-15-10-16-26-60)61-47-41-59(42-48-61)58-39-33-57(34-40-58)53-72(79-3)76(81)82/h10-12,15-22,25-54H,4-9,13-14,23-24H2,1-2H3,(H,81,82)/b72-53+. The molecular formula is C78H68N2O3. The number of carboxylic acid groups (broad SMARTS) is 1. The highest BCUT2D eigenvalue weighted by Gasteiger charge is 2.51. The summed E-state index contributed by atoms with van der Waals surface area (Å²) in [4.78, 5) is 17.2. The van der Waals surface area contributed by atoms with E-state index in [2.05, 4.69) is 242 Å². The number of carboxylic acids is 1. The predicted octanol–water partition coefficient (Wildman–Crippen LogP) is 20.3. The number of aryl methyl sites for hydroxylation is 2. The number of hydrogen-bond donors (Lipinski definition) is 1. The molecule has 1 aliphatic carbocycles. The van der Waals surface area contributed by atoms with Gasteiger partial charge in [-0.1, -0.05) is 253 Å². The molecule has 0 fully saturated rings. The van der Waals surface area contributed by atoms with Crippen LogP contribution in [0.3, 0.4) is 0 Å². The van der Waals surface area contributed by atoms with Crippen molar-refractivity contribution in [1.29, 1.82) is 0 Å². The van der Waals surface area contributed by atoms with Gasteiger partial charge in [0.15, 0.2) is 5.60 Å². The molecular weight excluding hydrogens is 1010 g/mol. The fraction of sp³-hybridized carbons (Fsp3) is 0.179. The number of anilines is 3. The Kier molecular flexibility index (Phi) is 15.6. The number of nitrogens with zero attached hydrogens (tertiary/aromatic N) is 2. The minimum absolute atomic E-state index is 0.323. The summed E-state index contributed by atoms with van der Waals surface area (Å²) in [6, 6.07) is 83.7. The fourth-order valence-corrected chi connectivity index (χ4v) is 13.0. The van der Waals surface area contributed by atoms with Gasteiger partial charge in [-0.15, -0.1) is 0 Å². The molecule has 1 unspecified atom stereocenters. The van der Waals surface area contributed by atoms with Crippen LogP contribution in [-0.4, -0.2) is 11.1 Å². The van der Waals surface area contributed by atoms with Gasteiger partial charge in [0, 0.05) is 39.1 Å². The van der Waals surface area contributed by atoms with Gasteiger partial charge in [-0.25, -0.2) is 4.85 Å². The molecule has 0 aromatic heterocycles. The topological polar surface area (TPSA) is 54.1 Å². The van der Waals surface area contributed by atoms with E-state index in [1.807, 2.05) is 24.3 Å². The van der Waals surface area contributed by atoms with Gasteiger partial charge in [-0.3, -0.25) is 4.79 Å². The third-order valence-electron chi connectivity index (χ3n) is 17.1. The second-order valence-electron chi connectivity index (χ2n) is 22.2. The molecule has 1 N–H and O–H groups in total. The van der Waals surface area contributed by atoms with Crippen LogP contribution in [0.25, 0.3) is 50.0 Å². The van der Waals surface area contributed by atoms with Crippen LogP contribution in [0.2, 0.25) is 0 Å². The molecule has 5 heteroatoms. The number of para-hydroxylation sites is 2. The maximum Gasteiger partial charge on any atom is 0.333 e. The maximum absolute atomic E-state index is 11.6. The first kappa shape index (κ1) is 54.1. The first-order valence-corrected chi connectivity index (χ1v) is 29.6. The Hall–Kier alpha value is -9.50. The molecule has 83 heavy (non-hydrogen) atoms. The molecule has 0 radical (unpaired) electrons. The van der Waals surface area contributed by atoms with Crippen LogP contribution in [0.4, 0.5) is 17.1 Å². The fourth-order valence-electron chi connectivity index (χ4n) is 13.0. The van der Waals surface area contributed by atoms with E-state index in [1.165, 1.54) is 102 Å². The van der Waals surface area contributed by atoms with Gasteiger partial charge in [-0.2, -0.15) is 0 Å². The predicted molar refractivity (Wildman–Crippen MR) is 343 cm³/mol. The Morgan fingerprint density at radius 2 is 1.05 bits per heavy atom. The molecule has 10 aromatic rings. The summed E-state index contributed by atoms with van der Waals surface area (Å²) in [6.07, 6.45) is 17.9. The number of carbonyl (C=O) groups is 1. The SMILES string of the molecule is [C-]#[N+]/C(=C/c1ccc(-c2ccc(C3(c4ccccc4)C=Cc4c5c(c6ccccc6c4O3)-c3ccc(N(c4ccccc4)c4ccccc4)cc3C5(c3ccc(CCCCCC)cc3)c3ccc(CCCCCC)cc3)cc2)cc1)C(=O)O. The highest BCUT2D eigenvalue weighted by molar-refractivity contribution is 6.10. The summed E-state index contributed by atoms with van der Waals surface area (Å²) in [5.74, 6) is -0.401. The molecule has 0 bridgehead atoms. The van der Waals surface area contributed by atoms with E-state index in [-0.39, 0.29) is 5.70 Å². The third-order valence-corrected chi connectivity index (χ3v) is 17.1. The minimum Gasteiger partial charge on any atom is -0.486 e. The van der Waals surface area contributed by atoms with Crippen molar-refractivity contribution in [3.05, 3.63) is 309 Å². The van der Waals surface area contributed by atoms with Crippen molar-refractivity contribution in [3.8, 4) is 28.0 Å². The summed E-state index contributed by atoms with van der Waals surface area (Å²) in [6.45, 7) is 11.9. The largest absolute Gasteiger partial charge is 0.486 e. The molecule has 12 rings (SSSR count). The van der Waals surface area contributed by atoms with Gasteiger partial charge in [0.2, 0.25) is 0 Å². The first-order chi connectivity index (χ1) is 40.8. The number of ether oxygens (including phenoxy) is 1. The summed E-state index contributed by atoms with van der Waals surface area (Å²) in [5, 5.41) is 11.7. The molecule has 1 aliphatic heterocycles. The lowest BCUT2D eigenvalue weighted by Crippen LogP contribution is -2.36. The van der Waals surface area contributed by atoms with Gasteiger partial charge in [0.05, 0.1) is 12.0 Å². The minimum atomic E-state index is -1.24. The number of unbranched alkanes of at least 4 members (excludes halogenated alkanes) is 6. The van der Waals surface area contributed by atoms with Crippen molar-refractivity contribution in [2.45, 2.75) is 89.1 Å². The summed E-state index contributed by atoms with van der Waals surface area (Å²) < 4.78 is 7.99. The molecule has 0 amide bonds. The third kappa shape index (κ3) is 10.2. The number of fused-ring (bicyclic) bond motifs is 8. The van der Waals surface area contributed by atoms with Crippen LogP contribution in [0.15, 0.2) is 242 Å². The lowest BCUT2D eigenvalue weighted by Gasteiger charge is -2.40. The average molecular weight is 1080 g/mol. The Morgan fingerprint density at radius 1 is 0.542 bits per heavy atom. The molecule has 1 heterocycles. The highest BCUT2D eigenvalue weighted by atomic mass is 16.5. The van der Waals surface area contributed by atoms with Gasteiger partial charge in [0.1, 0.15) is 5.75 Å². The van der Waals surface area contributed by atoms with Crippen LogP contribution in [0.5, 0.6) is 5.75 Å². The average Bonchev–Trinajstić information content (AvgIpc) is 1.60. The van der Waals surface area contributed by atoms with Crippen molar-refractivity contribution < 1.29 is 14.6 Å². The Balaban J connectivity index is 1.09. The Morgan fingerprint density at radius 3 is 1.59 bits per heavy atom. The van der Waals surface area contributed by atoms with Crippen molar-refractivity contribution in [2.75, 3.05) is 4.90 Å². The Labute approximate surface area is 489 Å². The van der Waals surface area contributed by atoms with Gasteiger partial charge >= 0.3 is 5.97 Å². The molecule has 2 aliphatic rings. The number of benzene rings is 10. The molecule has 0 saturated carbocycles. The molecule has 0 saturated heterocycles. The second kappa shape index (κ2) is 23.9. The van der Waals surface area contributed by atoms with E-state index in [9.17, 15) is 9.90 Å². The van der Waals surface area contributed by atoms with Gasteiger partial charge in [0.25, 0.3) is 5.70 Å². The highest BCUT2D eigenvalue weighted by Crippen LogP contribution is 2.63. The lowest BCUT2D eigenvalue weighted by atomic mass is 9.65. The van der Waals surface area contributed by atoms with Crippen LogP contribution in [0, 0.1) is 6.57 Å². The number of hydrogen-bond acceptors (Lipinski definition) is 3. The number of aliphatic carboxylic acids is 1. The molecule has 1 atom stereocenters. The zero-order valence-electron chi connectivity index (χ0n) is 47.4. The van der Waals surface area contributed by atoms with Crippen molar-refractivity contribution >= 4 is 46.0 Å². The van der Waals surface area contributed by atoms with Crippen LogP contribution in [0.1, 0.15) is 121 Å². The van der Waals surface area contributed by atoms with Crippen molar-refractivity contribution in [3.63, 3.8) is 0 Å². The first-order valence-electron chi connectivity index (χ1n) is 29.6. The van der Waals surface area contributed by atoms with Gasteiger partial charge < -0.3 is 14.7 Å². The van der Waals surface area contributed by atoms with Crippen LogP contribution >= 0.6 is 0 Å². The van der Waals surface area contributed by atoms with Crippen molar-refractivity contribution in [2.24, 2.45) is 0 Å². The monoisotopic (exact) mass is 1080 g/mol. The normalized spacial score (nSPS) is 14.7. The molecule has 10 aromatic carbocycles. The molecule has 5 nitrogen and oxygen atoms in total. The summed E-state index contributed by atoms with van der Waals surface area (Å²) >= 11 is 0. The van der Waals surface area contributed by atoms with E-state index >= 15 is 0 Å². The van der Waals surface area contributed by atoms with Gasteiger partial charge in [-0.05, 0) is 141 Å². The Bertz CT molecular complexity index is 3930. The summed E-state index contributed by atoms with van der Waals surface area (Å²) in [5.41, 5.74) is 16.8. The number of rotatable bonds is 20. The van der Waals surface area contributed by atoms with Crippen LogP contribution in [-0.2, 0) is 28.7 Å². The lowest BCUT2D eigenvalue weighted by molar-refractivity contribution is -0.132. The van der Waals surface area contributed by atoms with Crippen molar-refractivity contribution in [1.82, 2.24) is 0 Å². The van der Waals surface area contributed by atoms with E-state index in [0.29, 0.717) is 5.56 Å². The van der Waals surface area contributed by atoms with E-state index in [0.717, 1.165) is 74.2 Å². The maximum atomic E-state index is 11.6. The molecule has 0 spiro atoms. The van der Waals surface area contributed by atoms with E-state index in [1.54, 1.807) is 0 Å². The quantitative estimate of drug-likeness (QED) is 0.0469. The van der Waals surface area contributed by atoms with Crippen LogP contribution < -0.4 is 9.64 Å². The molecule has 408 valence electrons. The van der Waals surface area contributed by atoms with E-state index < -0.39 is 17.0 Å². The zero-order valence-corrected chi connectivity index (χ0v) is 47.4. The second-order valence-corrected chi connectivity index (χ2v) is 22.2. The summed E-state index contributed by atoms with van der Waals surface area (Å²) in [7, 11) is 0. The zero-order chi connectivity index (χ0) is 56.8. The van der Waals surface area contributed by atoms with E-state index in [4.69, 9.17) is 11.3 Å².